The molecule has 9 heteroatoms. The molecule has 206 valence electrons. The van der Waals surface area contributed by atoms with Crippen LogP contribution in [0.25, 0.3) is 0 Å². The molecule has 0 unspecified atom stereocenters. The van der Waals surface area contributed by atoms with Crippen molar-refractivity contribution in [3.8, 4) is 0 Å². The molecular weight excluding hydrogens is 504 g/mol. The summed E-state index contributed by atoms with van der Waals surface area (Å²) in [4.78, 5) is 36.5. The van der Waals surface area contributed by atoms with E-state index >= 15 is 0 Å². The van der Waals surface area contributed by atoms with Crippen molar-refractivity contribution >= 4 is 17.7 Å². The molecule has 2 aliphatic rings. The van der Waals surface area contributed by atoms with Gasteiger partial charge in [0.05, 0.1) is 25.2 Å². The minimum atomic E-state index is -1.06. The number of ether oxygens (including phenoxy) is 6. The van der Waals surface area contributed by atoms with Crippen LogP contribution in [0.1, 0.15) is 47.5 Å². The molecule has 0 aliphatic carbocycles. The molecule has 9 nitrogen and oxygen atoms in total. The number of carbonyl (C=O) groups excluding carboxylic acids is 3. The molecule has 39 heavy (non-hydrogen) atoms. The predicted octanol–water partition coefficient (Wildman–Crippen LogP) is 4.22. The maximum absolute atomic E-state index is 12.6. The lowest BCUT2D eigenvalue weighted by molar-refractivity contribution is -0.321. The van der Waals surface area contributed by atoms with Gasteiger partial charge in [0, 0.05) is 12.0 Å². The molecule has 2 aromatic carbocycles. The van der Waals surface area contributed by atoms with Crippen molar-refractivity contribution in [1.82, 2.24) is 0 Å². The summed E-state index contributed by atoms with van der Waals surface area (Å²) in [5.74, 6) is -1.24. The fraction of sp³-hybridized carbons (Fsp3) is 0.367. The highest BCUT2D eigenvalue weighted by Crippen LogP contribution is 2.37. The molecule has 2 heterocycles. The Labute approximate surface area is 227 Å². The molecule has 2 aliphatic heterocycles. The molecule has 0 radical (unpaired) electrons. The Balaban J connectivity index is 1.51. The molecule has 0 spiro atoms. The lowest BCUT2D eigenvalue weighted by atomic mass is 9.95. The highest BCUT2D eigenvalue weighted by molar-refractivity contribution is 5.91. The van der Waals surface area contributed by atoms with Crippen molar-refractivity contribution in [2.75, 3.05) is 13.2 Å². The van der Waals surface area contributed by atoms with Crippen LogP contribution in [0, 0.1) is 0 Å². The minimum absolute atomic E-state index is 0.0372. The summed E-state index contributed by atoms with van der Waals surface area (Å²) in [6.45, 7) is 9.36. The zero-order valence-electron chi connectivity index (χ0n) is 21.8. The van der Waals surface area contributed by atoms with E-state index in [0.717, 1.165) is 5.56 Å². The van der Waals surface area contributed by atoms with E-state index in [1.165, 1.54) is 13.0 Å². The number of benzene rings is 2. The van der Waals surface area contributed by atoms with Crippen molar-refractivity contribution < 1.29 is 42.8 Å². The van der Waals surface area contributed by atoms with Crippen LogP contribution >= 0.6 is 0 Å². The first kappa shape index (κ1) is 28.4. The van der Waals surface area contributed by atoms with Crippen LogP contribution < -0.4 is 0 Å². The summed E-state index contributed by atoms with van der Waals surface area (Å²) in [5, 5.41) is 0. The van der Waals surface area contributed by atoms with Crippen LogP contribution in [0.2, 0.25) is 0 Å². The number of ketones is 1. The molecule has 2 saturated heterocycles. The van der Waals surface area contributed by atoms with E-state index in [1.807, 2.05) is 30.3 Å². The Morgan fingerprint density at radius 2 is 1.77 bits per heavy atom. The predicted molar refractivity (Wildman–Crippen MR) is 139 cm³/mol. The lowest BCUT2D eigenvalue weighted by Crippen LogP contribution is -2.56. The number of carbonyl (C=O) groups is 3. The highest BCUT2D eigenvalue weighted by atomic mass is 16.8. The molecule has 2 fully saturated rings. The van der Waals surface area contributed by atoms with Crippen LogP contribution in [0.4, 0.5) is 0 Å². The highest BCUT2D eigenvalue weighted by Gasteiger charge is 2.48. The Morgan fingerprint density at radius 3 is 2.51 bits per heavy atom. The molecular formula is C30H32O9. The summed E-state index contributed by atoms with van der Waals surface area (Å²) in [7, 11) is 0. The number of esters is 2. The Hall–Kier alpha value is -3.63. The molecule has 4 rings (SSSR count). The number of hydrogen-bond donors (Lipinski definition) is 0. The normalized spacial score (nSPS) is 24.3. The smallest absolute Gasteiger partial charge is 0.338 e. The Kier molecular flexibility index (Phi) is 9.78. The minimum Gasteiger partial charge on any atom is -0.458 e. The zero-order chi connectivity index (χ0) is 27.8. The monoisotopic (exact) mass is 536 g/mol. The molecule has 5 atom stereocenters. The number of hydrogen-bond acceptors (Lipinski definition) is 9. The topological polar surface area (TPSA) is 107 Å². The van der Waals surface area contributed by atoms with Gasteiger partial charge in [0.15, 0.2) is 18.7 Å². The van der Waals surface area contributed by atoms with E-state index in [-0.39, 0.29) is 38.4 Å². The van der Waals surface area contributed by atoms with E-state index in [9.17, 15) is 14.4 Å². The summed E-state index contributed by atoms with van der Waals surface area (Å²) in [6.07, 6.45) is -2.47. The summed E-state index contributed by atoms with van der Waals surface area (Å²) >= 11 is 0. The van der Waals surface area contributed by atoms with Crippen LogP contribution in [0.3, 0.4) is 0 Å². The third-order valence-corrected chi connectivity index (χ3v) is 6.29. The fourth-order valence-corrected chi connectivity index (χ4v) is 4.30. The van der Waals surface area contributed by atoms with Gasteiger partial charge in [-0.1, -0.05) is 67.8 Å². The average molecular weight is 537 g/mol. The van der Waals surface area contributed by atoms with Crippen LogP contribution in [0.5, 0.6) is 0 Å². The van der Waals surface area contributed by atoms with Crippen LogP contribution in [-0.2, 0) is 44.6 Å². The molecule has 0 amide bonds. The third kappa shape index (κ3) is 7.27. The molecule has 0 saturated carbocycles. The van der Waals surface area contributed by atoms with Gasteiger partial charge in [-0.25, -0.2) is 4.79 Å². The van der Waals surface area contributed by atoms with E-state index in [4.69, 9.17) is 28.4 Å². The van der Waals surface area contributed by atoms with Gasteiger partial charge in [-0.05, 0) is 24.1 Å². The van der Waals surface area contributed by atoms with Gasteiger partial charge in [-0.2, -0.15) is 0 Å². The quantitative estimate of drug-likeness (QED) is 0.308. The lowest BCUT2D eigenvalue weighted by Gasteiger charge is -2.45. The average Bonchev–Trinajstić information content (AvgIpc) is 2.95. The van der Waals surface area contributed by atoms with Crippen molar-refractivity contribution in [2.45, 2.75) is 57.3 Å². The maximum atomic E-state index is 12.6. The second kappa shape index (κ2) is 13.4. The Morgan fingerprint density at radius 1 is 1.03 bits per heavy atom. The van der Waals surface area contributed by atoms with Gasteiger partial charge < -0.3 is 33.2 Å². The standard InChI is InChI=1S/C30H32O9/c1-4-16-34-28(33)23-13-9-8-12-22(23)17-35-30-27(38-25(32)15-14-19(2)31)20(3)26-24(37-30)18-36-29(39-26)21-10-6-5-7-11-21/h4-13,24,26-27,29-30H,1,3,14-18H2,2H3/t24-,26+,27+,29-,30+/m1/s1. The summed E-state index contributed by atoms with van der Waals surface area (Å²) < 4.78 is 35.2. The summed E-state index contributed by atoms with van der Waals surface area (Å²) in [5.41, 5.74) is 2.18. The Bertz CT molecular complexity index is 1190. The zero-order valence-corrected chi connectivity index (χ0v) is 21.8. The first-order valence-corrected chi connectivity index (χ1v) is 12.7. The number of Topliss-reactive ketones (excluding diaryl/α,β-unsaturated/α-hetero) is 1. The first-order chi connectivity index (χ1) is 18.9. The van der Waals surface area contributed by atoms with Gasteiger partial charge >= 0.3 is 11.9 Å². The third-order valence-electron chi connectivity index (χ3n) is 6.29. The molecule has 0 N–H and O–H groups in total. The summed E-state index contributed by atoms with van der Waals surface area (Å²) in [6, 6.07) is 16.3. The second-order valence-electron chi connectivity index (χ2n) is 9.22. The van der Waals surface area contributed by atoms with E-state index in [0.29, 0.717) is 16.7 Å². The van der Waals surface area contributed by atoms with Crippen LogP contribution in [-0.4, -0.2) is 55.5 Å². The van der Waals surface area contributed by atoms with Gasteiger partial charge in [-0.3, -0.25) is 4.79 Å². The maximum Gasteiger partial charge on any atom is 0.338 e. The number of fused-ring (bicyclic) bond motifs is 1. The van der Waals surface area contributed by atoms with Crippen molar-refractivity contribution in [3.05, 3.63) is 96.1 Å². The van der Waals surface area contributed by atoms with Gasteiger partial charge in [0.2, 0.25) is 0 Å². The second-order valence-corrected chi connectivity index (χ2v) is 9.22. The SMILES string of the molecule is C=CCOC(=O)c1ccccc1CO[C@H]1O[C@@H]2CO[C@@H](c3ccccc3)O[C@H]2C(=C)[C@@H]1OC(=O)CCC(C)=O. The molecule has 0 aromatic heterocycles. The van der Waals surface area contributed by atoms with Crippen molar-refractivity contribution in [3.63, 3.8) is 0 Å². The number of rotatable bonds is 11. The van der Waals surface area contributed by atoms with E-state index < -0.39 is 42.8 Å². The molecule has 2 aromatic rings. The van der Waals surface area contributed by atoms with Crippen molar-refractivity contribution in [1.29, 1.82) is 0 Å². The van der Waals surface area contributed by atoms with Crippen LogP contribution in [0.15, 0.2) is 79.4 Å². The van der Waals surface area contributed by atoms with E-state index in [1.54, 1.807) is 24.3 Å². The van der Waals surface area contributed by atoms with Gasteiger partial charge in [-0.15, -0.1) is 0 Å². The first-order valence-electron chi connectivity index (χ1n) is 12.7. The van der Waals surface area contributed by atoms with Gasteiger partial charge in [0.25, 0.3) is 0 Å². The molecule has 0 bridgehead atoms. The van der Waals surface area contributed by atoms with Crippen molar-refractivity contribution in [2.24, 2.45) is 0 Å². The van der Waals surface area contributed by atoms with Gasteiger partial charge in [0.1, 0.15) is 24.6 Å². The fourth-order valence-electron chi connectivity index (χ4n) is 4.30. The van der Waals surface area contributed by atoms with E-state index in [2.05, 4.69) is 13.2 Å². The largest absolute Gasteiger partial charge is 0.458 e.